The van der Waals surface area contributed by atoms with Gasteiger partial charge in [-0.25, -0.2) is 17.6 Å². The van der Waals surface area contributed by atoms with Crippen molar-refractivity contribution >= 4 is 11.6 Å². The molecule has 0 radical (unpaired) electrons. The molecular weight excluding hydrogens is 448 g/mol. The molecule has 1 aliphatic heterocycles. The summed E-state index contributed by atoms with van der Waals surface area (Å²) >= 11 is 0. The van der Waals surface area contributed by atoms with Crippen LogP contribution >= 0.6 is 0 Å². The fraction of sp³-hybridized carbons (Fsp3) is 0.231. The Morgan fingerprint density at radius 2 is 1.29 bits per heavy atom. The van der Waals surface area contributed by atoms with Gasteiger partial charge in [-0.2, -0.15) is 0 Å². The Labute approximate surface area is 193 Å². The molecule has 34 heavy (non-hydrogen) atoms. The molecule has 3 aromatic rings. The lowest BCUT2D eigenvalue weighted by molar-refractivity contribution is 0.0276. The van der Waals surface area contributed by atoms with Gasteiger partial charge in [-0.05, 0) is 35.9 Å². The minimum atomic E-state index is -1.89. The van der Waals surface area contributed by atoms with Crippen molar-refractivity contribution in [3.05, 3.63) is 106 Å². The molecule has 0 saturated carbocycles. The highest BCUT2D eigenvalue weighted by molar-refractivity contribution is 6.32. The SMILES string of the molecule is O=C1c2ccccc2C(=O)C1(c1cc(F)cc(F)c1)N1CCN(Cc2cc(F)ccc2F)CC1. The molecule has 0 bridgehead atoms. The van der Waals surface area contributed by atoms with Crippen LogP contribution in [0.15, 0.2) is 60.7 Å². The Morgan fingerprint density at radius 1 is 0.706 bits per heavy atom. The van der Waals surface area contributed by atoms with E-state index in [0.29, 0.717) is 19.2 Å². The third kappa shape index (κ3) is 3.54. The lowest BCUT2D eigenvalue weighted by Gasteiger charge is -2.44. The second kappa shape index (κ2) is 8.45. The van der Waals surface area contributed by atoms with Gasteiger partial charge >= 0.3 is 0 Å². The lowest BCUT2D eigenvalue weighted by atomic mass is 9.82. The molecule has 5 rings (SSSR count). The average molecular weight is 468 g/mol. The maximum Gasteiger partial charge on any atom is 0.196 e. The standard InChI is InChI=1S/C26H20F4N2O2/c27-18-5-6-23(30)16(11-18)15-31-7-9-32(10-8-31)26(17-12-19(28)14-20(29)13-17)24(33)21-3-1-2-4-22(21)25(26)34/h1-6,11-14H,7-10,15H2. The summed E-state index contributed by atoms with van der Waals surface area (Å²) in [6.45, 7) is 1.25. The van der Waals surface area contributed by atoms with Crippen molar-refractivity contribution in [2.75, 3.05) is 26.2 Å². The topological polar surface area (TPSA) is 40.6 Å². The molecule has 1 saturated heterocycles. The van der Waals surface area contributed by atoms with E-state index in [9.17, 15) is 27.2 Å². The second-order valence-electron chi connectivity index (χ2n) is 8.57. The van der Waals surface area contributed by atoms with E-state index in [1.165, 1.54) is 12.1 Å². The molecule has 2 aliphatic rings. The Kier molecular flexibility index (Phi) is 5.58. The molecule has 8 heteroatoms. The molecule has 1 aliphatic carbocycles. The zero-order chi connectivity index (χ0) is 24.0. The summed E-state index contributed by atoms with van der Waals surface area (Å²) in [4.78, 5) is 30.9. The van der Waals surface area contributed by atoms with Crippen LogP contribution in [0.4, 0.5) is 17.6 Å². The van der Waals surface area contributed by atoms with Gasteiger partial charge in [-0.1, -0.05) is 24.3 Å². The summed E-state index contributed by atoms with van der Waals surface area (Å²) in [7, 11) is 0. The van der Waals surface area contributed by atoms with E-state index in [4.69, 9.17) is 0 Å². The first-order valence-electron chi connectivity index (χ1n) is 10.9. The minimum absolute atomic E-state index is 0.0548. The van der Waals surface area contributed by atoms with Crippen LogP contribution in [0, 0.1) is 23.3 Å². The summed E-state index contributed by atoms with van der Waals surface area (Å²) in [6, 6.07) is 12.4. The molecular formula is C26H20F4N2O2. The first-order valence-corrected chi connectivity index (χ1v) is 10.9. The van der Waals surface area contributed by atoms with Gasteiger partial charge in [0, 0.05) is 55.5 Å². The number of piperazine rings is 1. The molecule has 0 N–H and O–H groups in total. The van der Waals surface area contributed by atoms with Gasteiger partial charge in [0.15, 0.2) is 17.1 Å². The second-order valence-corrected chi connectivity index (χ2v) is 8.57. The van der Waals surface area contributed by atoms with Crippen LogP contribution in [0.5, 0.6) is 0 Å². The van der Waals surface area contributed by atoms with E-state index >= 15 is 0 Å². The van der Waals surface area contributed by atoms with E-state index in [2.05, 4.69) is 0 Å². The number of rotatable bonds is 4. The summed E-state index contributed by atoms with van der Waals surface area (Å²) in [6.07, 6.45) is 0. The zero-order valence-corrected chi connectivity index (χ0v) is 18.0. The van der Waals surface area contributed by atoms with Crippen molar-refractivity contribution in [3.8, 4) is 0 Å². The van der Waals surface area contributed by atoms with Crippen LogP contribution < -0.4 is 0 Å². The highest BCUT2D eigenvalue weighted by Gasteiger charge is 2.58. The van der Waals surface area contributed by atoms with Crippen LogP contribution in [0.2, 0.25) is 0 Å². The van der Waals surface area contributed by atoms with Gasteiger partial charge in [-0.3, -0.25) is 19.4 Å². The number of benzene rings is 3. The molecule has 1 heterocycles. The number of nitrogens with zero attached hydrogens (tertiary/aromatic N) is 2. The lowest BCUT2D eigenvalue weighted by Crippen LogP contribution is -2.60. The van der Waals surface area contributed by atoms with Crippen molar-refractivity contribution in [3.63, 3.8) is 0 Å². The predicted molar refractivity (Wildman–Crippen MR) is 116 cm³/mol. The molecule has 4 nitrogen and oxygen atoms in total. The van der Waals surface area contributed by atoms with Gasteiger partial charge in [0.05, 0.1) is 0 Å². The number of hydrogen-bond donors (Lipinski definition) is 0. The Hall–Kier alpha value is -3.36. The molecule has 0 spiro atoms. The maximum atomic E-state index is 14.2. The highest BCUT2D eigenvalue weighted by Crippen LogP contribution is 2.43. The molecule has 0 unspecified atom stereocenters. The van der Waals surface area contributed by atoms with E-state index in [-0.39, 0.29) is 41.9 Å². The predicted octanol–water partition coefficient (Wildman–Crippen LogP) is 4.34. The summed E-state index contributed by atoms with van der Waals surface area (Å²) in [5.74, 6) is -3.88. The van der Waals surface area contributed by atoms with Crippen LogP contribution in [-0.2, 0) is 12.1 Å². The Bertz CT molecular complexity index is 1250. The van der Waals surface area contributed by atoms with Gasteiger partial charge in [0.25, 0.3) is 0 Å². The van der Waals surface area contributed by atoms with Gasteiger partial charge in [0.2, 0.25) is 0 Å². The number of Topliss-reactive ketones (excluding diaryl/α,β-unsaturated/α-hetero) is 2. The largest absolute Gasteiger partial charge is 0.296 e. The van der Waals surface area contributed by atoms with Crippen molar-refractivity contribution in [1.82, 2.24) is 9.80 Å². The molecule has 0 aromatic heterocycles. The van der Waals surface area contributed by atoms with Crippen molar-refractivity contribution in [2.24, 2.45) is 0 Å². The smallest absolute Gasteiger partial charge is 0.196 e. The van der Waals surface area contributed by atoms with Gasteiger partial charge < -0.3 is 0 Å². The van der Waals surface area contributed by atoms with E-state index in [0.717, 1.165) is 30.3 Å². The number of halogens is 4. The fourth-order valence-electron chi connectivity index (χ4n) is 5.01. The van der Waals surface area contributed by atoms with Gasteiger partial charge in [0.1, 0.15) is 23.3 Å². The highest BCUT2D eigenvalue weighted by atomic mass is 19.1. The quantitative estimate of drug-likeness (QED) is 0.422. The van der Waals surface area contributed by atoms with E-state index < -0.39 is 40.4 Å². The molecule has 0 atom stereocenters. The third-order valence-electron chi connectivity index (χ3n) is 6.60. The first kappa shape index (κ1) is 22.4. The summed E-state index contributed by atoms with van der Waals surface area (Å²) in [5.41, 5.74) is -1.32. The number of fused-ring (bicyclic) bond motifs is 1. The first-order chi connectivity index (χ1) is 16.3. The molecule has 174 valence electrons. The van der Waals surface area contributed by atoms with Crippen LogP contribution in [0.25, 0.3) is 0 Å². The average Bonchev–Trinajstić information content (AvgIpc) is 3.04. The van der Waals surface area contributed by atoms with Crippen molar-refractivity contribution in [2.45, 2.75) is 12.1 Å². The van der Waals surface area contributed by atoms with Crippen LogP contribution in [0.1, 0.15) is 31.8 Å². The number of ketones is 2. The van der Waals surface area contributed by atoms with Crippen molar-refractivity contribution < 1.29 is 27.2 Å². The number of hydrogen-bond acceptors (Lipinski definition) is 4. The zero-order valence-electron chi connectivity index (χ0n) is 18.0. The number of carbonyl (C=O) groups is 2. The number of carbonyl (C=O) groups excluding carboxylic acids is 2. The molecule has 3 aromatic carbocycles. The van der Waals surface area contributed by atoms with E-state index in [1.807, 2.05) is 4.90 Å². The monoisotopic (exact) mass is 468 g/mol. The normalized spacial score (nSPS) is 18.4. The van der Waals surface area contributed by atoms with E-state index in [1.54, 1.807) is 17.0 Å². The Balaban J connectivity index is 1.49. The molecule has 1 fully saturated rings. The minimum Gasteiger partial charge on any atom is -0.296 e. The summed E-state index contributed by atoms with van der Waals surface area (Å²) < 4.78 is 56.1. The Morgan fingerprint density at radius 3 is 1.88 bits per heavy atom. The van der Waals surface area contributed by atoms with Crippen LogP contribution in [0.3, 0.4) is 0 Å². The molecule has 0 amide bonds. The fourth-order valence-corrected chi connectivity index (χ4v) is 5.01. The van der Waals surface area contributed by atoms with Crippen LogP contribution in [-0.4, -0.2) is 47.5 Å². The van der Waals surface area contributed by atoms with Gasteiger partial charge in [-0.15, -0.1) is 0 Å². The summed E-state index contributed by atoms with van der Waals surface area (Å²) in [5, 5.41) is 0. The maximum absolute atomic E-state index is 14.2. The third-order valence-corrected chi connectivity index (χ3v) is 6.60. The van der Waals surface area contributed by atoms with Crippen molar-refractivity contribution in [1.29, 1.82) is 0 Å².